The van der Waals surface area contributed by atoms with Gasteiger partial charge in [-0.1, -0.05) is 45.8 Å². The summed E-state index contributed by atoms with van der Waals surface area (Å²) in [6, 6.07) is 16.9. The Labute approximate surface area is 177 Å². The van der Waals surface area contributed by atoms with Crippen molar-refractivity contribution in [3.8, 4) is 0 Å². The summed E-state index contributed by atoms with van der Waals surface area (Å²) in [5.74, 6) is -1.22. The third-order valence-corrected chi connectivity index (χ3v) is 6.63. The minimum atomic E-state index is -3.88. The number of hydrogen-bond acceptors (Lipinski definition) is 3. The van der Waals surface area contributed by atoms with E-state index in [0.717, 1.165) is 9.87 Å². The zero-order valence-corrected chi connectivity index (χ0v) is 18.1. The molecule has 3 rings (SSSR count). The fourth-order valence-electron chi connectivity index (χ4n) is 2.72. The van der Waals surface area contributed by atoms with Crippen LogP contribution in [0.15, 0.2) is 76.1 Å². The highest BCUT2D eigenvalue weighted by Crippen LogP contribution is 2.27. The Morgan fingerprint density at radius 3 is 2.34 bits per heavy atom. The van der Waals surface area contributed by atoms with Gasteiger partial charge in [-0.05, 0) is 49.4 Å². The molecule has 0 fully saturated rings. The van der Waals surface area contributed by atoms with Gasteiger partial charge in [0.15, 0.2) is 0 Å². The van der Waals surface area contributed by atoms with Crippen molar-refractivity contribution >= 4 is 43.2 Å². The fourth-order valence-corrected chi connectivity index (χ4v) is 4.27. The molecule has 0 aliphatic carbocycles. The molecule has 3 aromatic rings. The third kappa shape index (κ3) is 4.49. The van der Waals surface area contributed by atoms with Gasteiger partial charge in [0.25, 0.3) is 15.9 Å². The molecule has 0 radical (unpaired) electrons. The molecule has 0 spiro atoms. The monoisotopic (exact) mass is 476 g/mol. The number of amides is 1. The highest BCUT2D eigenvalue weighted by atomic mass is 79.9. The second kappa shape index (κ2) is 8.34. The fraction of sp³-hybridized carbons (Fsp3) is 0.0952. The molecule has 0 unspecified atom stereocenters. The number of carbonyl (C=O) groups is 1. The number of rotatable bonds is 5. The highest BCUT2D eigenvalue weighted by molar-refractivity contribution is 9.10. The van der Waals surface area contributed by atoms with Crippen LogP contribution < -0.4 is 9.62 Å². The summed E-state index contributed by atoms with van der Waals surface area (Å²) in [5.41, 5.74) is 1.22. The standard InChI is InChI=1S/C21H18BrFN2O3S/c1-14-7-10-16(11-8-14)29(27,28)25(2)20-6-4-3-5-17(20)21(26)24-19-12-9-15(22)13-18(19)23/h3-13H,1-2H3,(H,24,26). The maximum absolute atomic E-state index is 14.1. The lowest BCUT2D eigenvalue weighted by molar-refractivity contribution is 0.102. The van der Waals surface area contributed by atoms with Crippen LogP contribution in [0.5, 0.6) is 0 Å². The van der Waals surface area contributed by atoms with Gasteiger partial charge in [-0.2, -0.15) is 0 Å². The Balaban J connectivity index is 1.95. The number of aryl methyl sites for hydroxylation is 1. The van der Waals surface area contributed by atoms with Crippen LogP contribution in [-0.4, -0.2) is 21.4 Å². The number of para-hydroxylation sites is 1. The summed E-state index contributed by atoms with van der Waals surface area (Å²) in [4.78, 5) is 12.9. The van der Waals surface area contributed by atoms with Gasteiger partial charge in [-0.25, -0.2) is 12.8 Å². The van der Waals surface area contributed by atoms with Gasteiger partial charge in [0, 0.05) is 11.5 Å². The molecular weight excluding hydrogens is 459 g/mol. The lowest BCUT2D eigenvalue weighted by Crippen LogP contribution is -2.29. The van der Waals surface area contributed by atoms with Gasteiger partial charge in [-0.15, -0.1) is 0 Å². The Hall–Kier alpha value is -2.71. The molecule has 29 heavy (non-hydrogen) atoms. The van der Waals surface area contributed by atoms with E-state index in [1.807, 2.05) is 6.92 Å². The largest absolute Gasteiger partial charge is 0.319 e. The van der Waals surface area contributed by atoms with E-state index in [1.165, 1.54) is 43.4 Å². The predicted molar refractivity (Wildman–Crippen MR) is 115 cm³/mol. The quantitative estimate of drug-likeness (QED) is 0.564. The molecule has 0 aliphatic heterocycles. The first-order valence-electron chi connectivity index (χ1n) is 8.61. The number of nitrogens with one attached hydrogen (secondary N) is 1. The molecule has 0 aliphatic rings. The number of carbonyl (C=O) groups excluding carboxylic acids is 1. The molecule has 3 aromatic carbocycles. The summed E-state index contributed by atoms with van der Waals surface area (Å²) in [6.45, 7) is 1.86. The topological polar surface area (TPSA) is 66.5 Å². The second-order valence-electron chi connectivity index (χ2n) is 6.38. The first-order chi connectivity index (χ1) is 13.7. The van der Waals surface area contributed by atoms with Gasteiger partial charge in [0.2, 0.25) is 0 Å². The molecule has 1 N–H and O–H groups in total. The van der Waals surface area contributed by atoms with Crippen molar-refractivity contribution < 1.29 is 17.6 Å². The molecule has 0 saturated heterocycles. The van der Waals surface area contributed by atoms with Crippen molar-refractivity contribution in [3.05, 3.63) is 88.1 Å². The second-order valence-corrected chi connectivity index (χ2v) is 9.27. The van der Waals surface area contributed by atoms with Gasteiger partial charge in [0.05, 0.1) is 21.8 Å². The highest BCUT2D eigenvalue weighted by Gasteiger charge is 2.25. The lowest BCUT2D eigenvalue weighted by Gasteiger charge is -2.22. The van der Waals surface area contributed by atoms with Crippen LogP contribution in [0.4, 0.5) is 15.8 Å². The summed E-state index contributed by atoms with van der Waals surface area (Å²) in [7, 11) is -2.50. The van der Waals surface area contributed by atoms with Crippen LogP contribution in [-0.2, 0) is 10.0 Å². The number of halogens is 2. The normalized spacial score (nSPS) is 11.2. The molecule has 150 valence electrons. The van der Waals surface area contributed by atoms with E-state index < -0.39 is 21.7 Å². The smallest absolute Gasteiger partial charge is 0.264 e. The zero-order valence-electron chi connectivity index (χ0n) is 15.7. The number of hydrogen-bond donors (Lipinski definition) is 1. The Morgan fingerprint density at radius 1 is 1.03 bits per heavy atom. The van der Waals surface area contributed by atoms with E-state index in [2.05, 4.69) is 21.2 Å². The first-order valence-corrected chi connectivity index (χ1v) is 10.8. The Kier molecular flexibility index (Phi) is 6.04. The average molecular weight is 477 g/mol. The maximum atomic E-state index is 14.1. The summed E-state index contributed by atoms with van der Waals surface area (Å²) < 4.78 is 41.7. The molecule has 0 aromatic heterocycles. The number of benzene rings is 3. The minimum absolute atomic E-state index is 0.00273. The number of nitrogens with zero attached hydrogens (tertiary/aromatic N) is 1. The molecule has 0 saturated carbocycles. The van der Waals surface area contributed by atoms with E-state index >= 15 is 0 Å². The van der Waals surface area contributed by atoms with E-state index in [9.17, 15) is 17.6 Å². The van der Waals surface area contributed by atoms with Crippen molar-refractivity contribution in [1.29, 1.82) is 0 Å². The van der Waals surface area contributed by atoms with Gasteiger partial charge >= 0.3 is 0 Å². The predicted octanol–water partition coefficient (Wildman–Crippen LogP) is 4.97. The molecule has 1 amide bonds. The van der Waals surface area contributed by atoms with Crippen molar-refractivity contribution in [1.82, 2.24) is 0 Å². The van der Waals surface area contributed by atoms with Crippen molar-refractivity contribution in [3.63, 3.8) is 0 Å². The minimum Gasteiger partial charge on any atom is -0.319 e. The molecule has 8 heteroatoms. The van der Waals surface area contributed by atoms with Crippen LogP contribution in [0.2, 0.25) is 0 Å². The van der Waals surface area contributed by atoms with Crippen LogP contribution in [0.25, 0.3) is 0 Å². The Bertz CT molecular complexity index is 1160. The summed E-state index contributed by atoms with van der Waals surface area (Å²) >= 11 is 3.16. The zero-order chi connectivity index (χ0) is 21.2. The van der Waals surface area contributed by atoms with Gasteiger partial charge in [0.1, 0.15) is 5.82 Å². The van der Waals surface area contributed by atoms with Crippen LogP contribution in [0.1, 0.15) is 15.9 Å². The number of anilines is 2. The summed E-state index contributed by atoms with van der Waals surface area (Å²) in [6.07, 6.45) is 0. The van der Waals surface area contributed by atoms with Crippen molar-refractivity contribution in [2.24, 2.45) is 0 Å². The first kappa shape index (κ1) is 21.0. The summed E-state index contributed by atoms with van der Waals surface area (Å²) in [5, 5.41) is 2.49. The van der Waals surface area contributed by atoms with E-state index in [-0.39, 0.29) is 21.8 Å². The van der Waals surface area contributed by atoms with E-state index in [0.29, 0.717) is 4.47 Å². The van der Waals surface area contributed by atoms with Crippen molar-refractivity contribution in [2.45, 2.75) is 11.8 Å². The number of sulfonamides is 1. The molecule has 0 heterocycles. The SMILES string of the molecule is Cc1ccc(S(=O)(=O)N(C)c2ccccc2C(=O)Nc2ccc(Br)cc2F)cc1. The van der Waals surface area contributed by atoms with E-state index in [1.54, 1.807) is 30.3 Å². The molecule has 0 bridgehead atoms. The maximum Gasteiger partial charge on any atom is 0.264 e. The molecule has 5 nitrogen and oxygen atoms in total. The van der Waals surface area contributed by atoms with E-state index in [4.69, 9.17) is 0 Å². The third-order valence-electron chi connectivity index (χ3n) is 4.35. The van der Waals surface area contributed by atoms with Crippen LogP contribution in [0.3, 0.4) is 0 Å². The van der Waals surface area contributed by atoms with Crippen molar-refractivity contribution in [2.75, 3.05) is 16.7 Å². The van der Waals surface area contributed by atoms with Gasteiger partial charge < -0.3 is 5.32 Å². The van der Waals surface area contributed by atoms with Gasteiger partial charge in [-0.3, -0.25) is 9.10 Å². The average Bonchev–Trinajstić information content (AvgIpc) is 2.69. The van der Waals surface area contributed by atoms with Crippen LogP contribution >= 0.6 is 15.9 Å². The Morgan fingerprint density at radius 2 is 1.69 bits per heavy atom. The molecular formula is C21H18BrFN2O3S. The van der Waals surface area contributed by atoms with Crippen LogP contribution in [0, 0.1) is 12.7 Å². The lowest BCUT2D eigenvalue weighted by atomic mass is 10.1. The molecule has 0 atom stereocenters.